The lowest BCUT2D eigenvalue weighted by Gasteiger charge is -2.24. The summed E-state index contributed by atoms with van der Waals surface area (Å²) in [4.78, 5) is 11.4. The van der Waals surface area contributed by atoms with Gasteiger partial charge in [0.05, 0.1) is 0 Å². The molecule has 0 heterocycles. The van der Waals surface area contributed by atoms with Crippen LogP contribution in [0.5, 0.6) is 0 Å². The highest BCUT2D eigenvalue weighted by atomic mass is 16.1. The Morgan fingerprint density at radius 1 is 1.58 bits per heavy atom. The number of rotatable bonds is 5. The Kier molecular flexibility index (Phi) is 4.57. The van der Waals surface area contributed by atoms with Crippen molar-refractivity contribution in [1.29, 1.82) is 0 Å². The van der Waals surface area contributed by atoms with E-state index in [1.807, 2.05) is 32.1 Å². The van der Waals surface area contributed by atoms with Gasteiger partial charge in [0, 0.05) is 5.41 Å². The van der Waals surface area contributed by atoms with Crippen LogP contribution in [-0.4, -0.2) is 5.78 Å². The predicted molar refractivity (Wildman–Crippen MR) is 53.0 cm³/mol. The minimum absolute atomic E-state index is 0.225. The first-order valence-corrected chi connectivity index (χ1v) is 4.38. The number of hydrogen-bond donors (Lipinski definition) is 0. The van der Waals surface area contributed by atoms with Gasteiger partial charge in [0.25, 0.3) is 0 Å². The maximum absolute atomic E-state index is 11.4. The van der Waals surface area contributed by atoms with Crippen molar-refractivity contribution < 1.29 is 4.79 Å². The lowest BCUT2D eigenvalue weighted by molar-refractivity contribution is -0.124. The van der Waals surface area contributed by atoms with Crippen molar-refractivity contribution in [2.45, 2.75) is 33.6 Å². The molecule has 0 aromatic carbocycles. The average molecular weight is 166 g/mol. The maximum atomic E-state index is 11.4. The molecular formula is C11H18O. The van der Waals surface area contributed by atoms with E-state index in [2.05, 4.69) is 6.58 Å². The Bertz CT molecular complexity index is 191. The number of ketones is 1. The quantitative estimate of drug-likeness (QED) is 0.573. The lowest BCUT2D eigenvalue weighted by atomic mass is 9.78. The first-order chi connectivity index (χ1) is 5.63. The van der Waals surface area contributed by atoms with E-state index in [1.165, 1.54) is 0 Å². The summed E-state index contributed by atoms with van der Waals surface area (Å²) in [5, 5.41) is 0. The summed E-state index contributed by atoms with van der Waals surface area (Å²) in [7, 11) is 0. The highest BCUT2D eigenvalue weighted by Gasteiger charge is 2.28. The van der Waals surface area contributed by atoms with E-state index in [0.717, 1.165) is 12.8 Å². The van der Waals surface area contributed by atoms with Crippen LogP contribution < -0.4 is 0 Å². The third kappa shape index (κ3) is 2.33. The van der Waals surface area contributed by atoms with Crippen molar-refractivity contribution in [1.82, 2.24) is 0 Å². The van der Waals surface area contributed by atoms with Gasteiger partial charge in [-0.3, -0.25) is 4.79 Å². The molecule has 0 saturated carbocycles. The molecule has 0 aromatic heterocycles. The molecule has 0 rings (SSSR count). The predicted octanol–water partition coefficient (Wildman–Crippen LogP) is 3.12. The third-order valence-electron chi connectivity index (χ3n) is 2.33. The van der Waals surface area contributed by atoms with Crippen molar-refractivity contribution in [3.63, 3.8) is 0 Å². The monoisotopic (exact) mass is 166 g/mol. The van der Waals surface area contributed by atoms with Crippen molar-refractivity contribution in [3.05, 3.63) is 24.8 Å². The van der Waals surface area contributed by atoms with Crippen LogP contribution in [0.1, 0.15) is 33.6 Å². The van der Waals surface area contributed by atoms with E-state index in [9.17, 15) is 4.79 Å². The molecule has 0 saturated heterocycles. The highest BCUT2D eigenvalue weighted by Crippen LogP contribution is 2.29. The molecule has 0 fully saturated rings. The summed E-state index contributed by atoms with van der Waals surface area (Å²) in [6.07, 6.45) is 7.32. The van der Waals surface area contributed by atoms with Crippen LogP contribution in [0.25, 0.3) is 0 Å². The fourth-order valence-electron chi connectivity index (χ4n) is 1.42. The summed E-state index contributed by atoms with van der Waals surface area (Å²) in [6.45, 7) is 9.29. The Balaban J connectivity index is 4.74. The van der Waals surface area contributed by atoms with E-state index in [4.69, 9.17) is 0 Å². The van der Waals surface area contributed by atoms with Gasteiger partial charge < -0.3 is 0 Å². The molecule has 0 N–H and O–H groups in total. The molecule has 1 heteroatoms. The van der Waals surface area contributed by atoms with E-state index in [-0.39, 0.29) is 11.2 Å². The zero-order valence-electron chi connectivity index (χ0n) is 8.26. The van der Waals surface area contributed by atoms with Gasteiger partial charge in [-0.25, -0.2) is 0 Å². The average Bonchev–Trinajstić information content (AvgIpc) is 2.03. The second kappa shape index (κ2) is 4.91. The molecule has 1 unspecified atom stereocenters. The molecule has 1 nitrogen and oxygen atoms in total. The first kappa shape index (κ1) is 11.2. The summed E-state index contributed by atoms with van der Waals surface area (Å²) < 4.78 is 0. The van der Waals surface area contributed by atoms with Gasteiger partial charge in [0.2, 0.25) is 0 Å². The van der Waals surface area contributed by atoms with Crippen LogP contribution in [0.4, 0.5) is 0 Å². The van der Waals surface area contributed by atoms with Crippen LogP contribution in [-0.2, 0) is 4.79 Å². The highest BCUT2D eigenvalue weighted by molar-refractivity contribution is 5.84. The lowest BCUT2D eigenvalue weighted by Crippen LogP contribution is -2.25. The number of carbonyl (C=O) groups is 1. The van der Waals surface area contributed by atoms with E-state index >= 15 is 0 Å². The Morgan fingerprint density at radius 2 is 2.17 bits per heavy atom. The molecular weight excluding hydrogens is 148 g/mol. The summed E-state index contributed by atoms with van der Waals surface area (Å²) >= 11 is 0. The van der Waals surface area contributed by atoms with Gasteiger partial charge in [-0.15, -0.1) is 6.58 Å². The fraction of sp³-hybridized carbons (Fsp3) is 0.545. The van der Waals surface area contributed by atoms with Gasteiger partial charge in [0.1, 0.15) is 5.78 Å². The van der Waals surface area contributed by atoms with Crippen molar-refractivity contribution in [3.8, 4) is 0 Å². The minimum Gasteiger partial charge on any atom is -0.299 e. The minimum atomic E-state index is -0.295. The molecule has 0 amide bonds. The zero-order chi connectivity index (χ0) is 9.61. The summed E-state index contributed by atoms with van der Waals surface area (Å²) in [5.74, 6) is 0.225. The molecule has 0 spiro atoms. The standard InChI is InChI=1S/C11H18O/c1-5-8-11(7-3,9-6-2)10(4)12/h5-6,9H,1,7-8H2,2-4H3/b9-6+. The van der Waals surface area contributed by atoms with Crippen LogP contribution >= 0.6 is 0 Å². The number of allylic oxidation sites excluding steroid dienone is 3. The van der Waals surface area contributed by atoms with Crippen LogP contribution in [0.15, 0.2) is 24.8 Å². The van der Waals surface area contributed by atoms with Gasteiger partial charge in [-0.05, 0) is 26.7 Å². The molecule has 0 aliphatic heterocycles. The topological polar surface area (TPSA) is 17.1 Å². The molecule has 68 valence electrons. The van der Waals surface area contributed by atoms with Crippen LogP contribution in [0, 0.1) is 5.41 Å². The molecule has 0 radical (unpaired) electrons. The number of Topliss-reactive ketones (excluding diaryl/α,β-unsaturated/α-hetero) is 1. The van der Waals surface area contributed by atoms with Gasteiger partial charge >= 0.3 is 0 Å². The number of hydrogen-bond acceptors (Lipinski definition) is 1. The molecule has 0 aromatic rings. The van der Waals surface area contributed by atoms with Crippen LogP contribution in [0.3, 0.4) is 0 Å². The van der Waals surface area contributed by atoms with E-state index in [0.29, 0.717) is 0 Å². The summed E-state index contributed by atoms with van der Waals surface area (Å²) in [6, 6.07) is 0. The second-order valence-corrected chi connectivity index (χ2v) is 3.06. The van der Waals surface area contributed by atoms with Gasteiger partial charge in [-0.1, -0.05) is 25.2 Å². The molecule has 0 bridgehead atoms. The molecule has 1 atom stereocenters. The Labute approximate surface area is 75.2 Å². The Hall–Kier alpha value is -0.850. The van der Waals surface area contributed by atoms with Crippen molar-refractivity contribution in [2.75, 3.05) is 0 Å². The van der Waals surface area contributed by atoms with Crippen molar-refractivity contribution in [2.24, 2.45) is 5.41 Å². The Morgan fingerprint density at radius 3 is 2.42 bits per heavy atom. The fourth-order valence-corrected chi connectivity index (χ4v) is 1.42. The van der Waals surface area contributed by atoms with E-state index in [1.54, 1.807) is 6.92 Å². The largest absolute Gasteiger partial charge is 0.299 e. The second-order valence-electron chi connectivity index (χ2n) is 3.06. The van der Waals surface area contributed by atoms with Gasteiger partial charge in [-0.2, -0.15) is 0 Å². The smallest absolute Gasteiger partial charge is 0.140 e. The molecule has 0 aliphatic carbocycles. The van der Waals surface area contributed by atoms with Crippen LogP contribution in [0.2, 0.25) is 0 Å². The first-order valence-electron chi connectivity index (χ1n) is 4.38. The molecule has 0 aliphatic rings. The summed E-state index contributed by atoms with van der Waals surface area (Å²) in [5.41, 5.74) is -0.295. The molecule has 12 heavy (non-hydrogen) atoms. The zero-order valence-corrected chi connectivity index (χ0v) is 8.26. The maximum Gasteiger partial charge on any atom is 0.140 e. The van der Waals surface area contributed by atoms with E-state index < -0.39 is 0 Å². The van der Waals surface area contributed by atoms with Gasteiger partial charge in [0.15, 0.2) is 0 Å². The van der Waals surface area contributed by atoms with Crippen molar-refractivity contribution >= 4 is 5.78 Å². The third-order valence-corrected chi connectivity index (χ3v) is 2.33. The SMILES string of the molecule is C=CCC(/C=C/C)(CC)C(C)=O. The number of carbonyl (C=O) groups excluding carboxylic acids is 1. The normalized spacial score (nSPS) is 15.9.